The van der Waals surface area contributed by atoms with E-state index < -0.39 is 5.54 Å². The Labute approximate surface area is 205 Å². The Morgan fingerprint density at radius 3 is 2.50 bits per heavy atom. The molecule has 1 N–H and O–H groups in total. The van der Waals surface area contributed by atoms with Crippen LogP contribution in [0.3, 0.4) is 0 Å². The van der Waals surface area contributed by atoms with Crippen LogP contribution in [0.1, 0.15) is 62.4 Å². The molecule has 0 saturated heterocycles. The molecule has 5 nitrogen and oxygen atoms in total. The maximum Gasteiger partial charge on any atom is 0.275 e. The SMILES string of the molecule is CSc1cccc(N2C(=O)c3cc4ccccc4n3C[C@]2(C)C(=O)NC2CCCCCCC2)c1. The number of amides is 2. The first-order valence-electron chi connectivity index (χ1n) is 12.4. The van der Waals surface area contributed by atoms with Crippen molar-refractivity contribution in [2.45, 2.75) is 74.9 Å². The highest BCUT2D eigenvalue weighted by molar-refractivity contribution is 7.98. The molecule has 3 aromatic rings. The van der Waals surface area contributed by atoms with Gasteiger partial charge in [0.05, 0.1) is 6.54 Å². The molecule has 0 spiro atoms. The van der Waals surface area contributed by atoms with Crippen LogP contribution in [0.4, 0.5) is 5.69 Å². The normalized spacial score (nSPS) is 21.7. The van der Waals surface area contributed by atoms with Crippen molar-refractivity contribution >= 4 is 40.2 Å². The summed E-state index contributed by atoms with van der Waals surface area (Å²) in [4.78, 5) is 30.8. The number of para-hydroxylation sites is 1. The van der Waals surface area contributed by atoms with Crippen molar-refractivity contribution in [2.75, 3.05) is 11.2 Å². The second kappa shape index (κ2) is 9.49. The lowest BCUT2D eigenvalue weighted by atomic mass is 9.91. The van der Waals surface area contributed by atoms with Gasteiger partial charge in [0.15, 0.2) is 0 Å². The van der Waals surface area contributed by atoms with Gasteiger partial charge in [-0.25, -0.2) is 0 Å². The number of anilines is 1. The number of benzene rings is 2. The molecule has 34 heavy (non-hydrogen) atoms. The highest BCUT2D eigenvalue weighted by Gasteiger charge is 2.49. The molecule has 0 bridgehead atoms. The molecule has 5 rings (SSSR count). The van der Waals surface area contributed by atoms with E-state index in [1.165, 1.54) is 19.3 Å². The number of nitrogens with zero attached hydrogens (tertiary/aromatic N) is 2. The van der Waals surface area contributed by atoms with Crippen LogP contribution in [0, 0.1) is 0 Å². The van der Waals surface area contributed by atoms with Crippen LogP contribution >= 0.6 is 11.8 Å². The Balaban J connectivity index is 1.57. The Morgan fingerprint density at radius 1 is 1.00 bits per heavy atom. The van der Waals surface area contributed by atoms with E-state index in [0.29, 0.717) is 12.2 Å². The van der Waals surface area contributed by atoms with Gasteiger partial charge in [-0.15, -0.1) is 11.8 Å². The Morgan fingerprint density at radius 2 is 1.74 bits per heavy atom. The summed E-state index contributed by atoms with van der Waals surface area (Å²) in [6.45, 7) is 2.34. The first kappa shape index (κ1) is 23.0. The van der Waals surface area contributed by atoms with E-state index in [0.717, 1.165) is 47.2 Å². The summed E-state index contributed by atoms with van der Waals surface area (Å²) < 4.78 is 2.03. The molecule has 2 aliphatic rings. The smallest absolute Gasteiger partial charge is 0.275 e. The molecular weight excluding hydrogens is 442 g/mol. The highest BCUT2D eigenvalue weighted by atomic mass is 32.2. The van der Waals surface area contributed by atoms with Gasteiger partial charge < -0.3 is 9.88 Å². The monoisotopic (exact) mass is 475 g/mol. The third-order valence-corrected chi connectivity index (χ3v) is 8.16. The van der Waals surface area contributed by atoms with Gasteiger partial charge in [0, 0.05) is 27.5 Å². The number of nitrogens with one attached hydrogen (secondary N) is 1. The molecule has 1 aliphatic heterocycles. The molecule has 2 aromatic carbocycles. The van der Waals surface area contributed by atoms with Gasteiger partial charge in [0.2, 0.25) is 5.91 Å². The fourth-order valence-electron chi connectivity index (χ4n) is 5.54. The van der Waals surface area contributed by atoms with Crippen molar-refractivity contribution in [3.63, 3.8) is 0 Å². The van der Waals surface area contributed by atoms with Crippen LogP contribution in [0.2, 0.25) is 0 Å². The van der Waals surface area contributed by atoms with E-state index in [1.54, 1.807) is 16.7 Å². The number of aromatic nitrogens is 1. The predicted molar refractivity (Wildman–Crippen MR) is 140 cm³/mol. The van der Waals surface area contributed by atoms with Crippen LogP contribution < -0.4 is 10.2 Å². The molecule has 1 saturated carbocycles. The Hall–Kier alpha value is -2.73. The molecule has 2 heterocycles. The van der Waals surface area contributed by atoms with Crippen LogP contribution in [0.15, 0.2) is 59.5 Å². The van der Waals surface area contributed by atoms with Crippen LogP contribution in [-0.2, 0) is 11.3 Å². The summed E-state index contributed by atoms with van der Waals surface area (Å²) in [5.41, 5.74) is 1.36. The molecule has 1 fully saturated rings. The summed E-state index contributed by atoms with van der Waals surface area (Å²) in [6.07, 6.45) is 10.1. The minimum atomic E-state index is -1.04. The number of thioether (sulfide) groups is 1. The molecule has 1 aliphatic carbocycles. The predicted octanol–water partition coefficient (Wildman–Crippen LogP) is 6.01. The number of carbonyl (C=O) groups excluding carboxylic acids is 2. The maximum absolute atomic E-state index is 14.0. The molecule has 178 valence electrons. The first-order valence-corrected chi connectivity index (χ1v) is 13.6. The van der Waals surface area contributed by atoms with Crippen molar-refractivity contribution in [1.82, 2.24) is 9.88 Å². The second-order valence-corrected chi connectivity index (χ2v) is 10.7. The van der Waals surface area contributed by atoms with Gasteiger partial charge in [-0.2, -0.15) is 0 Å². The molecule has 0 unspecified atom stereocenters. The van der Waals surface area contributed by atoms with Crippen LogP contribution in [0.25, 0.3) is 10.9 Å². The first-order chi connectivity index (χ1) is 16.5. The van der Waals surface area contributed by atoms with Gasteiger partial charge in [0.25, 0.3) is 5.91 Å². The number of rotatable bonds is 4. The zero-order chi connectivity index (χ0) is 23.7. The van der Waals surface area contributed by atoms with Crippen molar-refractivity contribution < 1.29 is 9.59 Å². The molecule has 1 atom stereocenters. The van der Waals surface area contributed by atoms with Crippen molar-refractivity contribution in [3.8, 4) is 0 Å². The highest BCUT2D eigenvalue weighted by Crippen LogP contribution is 2.37. The summed E-state index contributed by atoms with van der Waals surface area (Å²) in [6, 6.07) is 18.1. The zero-order valence-electron chi connectivity index (χ0n) is 20.0. The number of carbonyl (C=O) groups is 2. The fourth-order valence-corrected chi connectivity index (χ4v) is 5.99. The molecule has 0 radical (unpaired) electrons. The van der Waals surface area contributed by atoms with Gasteiger partial charge in [-0.05, 0) is 56.4 Å². The molecule has 1 aromatic heterocycles. The van der Waals surface area contributed by atoms with Crippen LogP contribution in [0.5, 0.6) is 0 Å². The molecule has 6 heteroatoms. The largest absolute Gasteiger partial charge is 0.351 e. The third-order valence-electron chi connectivity index (χ3n) is 7.43. The summed E-state index contributed by atoms with van der Waals surface area (Å²) >= 11 is 1.64. The topological polar surface area (TPSA) is 54.3 Å². The van der Waals surface area contributed by atoms with Gasteiger partial charge >= 0.3 is 0 Å². The van der Waals surface area contributed by atoms with E-state index in [4.69, 9.17) is 0 Å². The van der Waals surface area contributed by atoms with Crippen molar-refractivity contribution in [3.05, 3.63) is 60.3 Å². The summed E-state index contributed by atoms with van der Waals surface area (Å²) in [5, 5.41) is 4.39. The minimum absolute atomic E-state index is 0.0654. The third kappa shape index (κ3) is 4.13. The Kier molecular flexibility index (Phi) is 6.43. The van der Waals surface area contributed by atoms with Gasteiger partial charge in [-0.3, -0.25) is 14.5 Å². The maximum atomic E-state index is 14.0. The fraction of sp³-hybridized carbons (Fsp3) is 0.429. The molecule has 2 amide bonds. The lowest BCUT2D eigenvalue weighted by Crippen LogP contribution is -2.65. The quantitative estimate of drug-likeness (QED) is 0.470. The summed E-state index contributed by atoms with van der Waals surface area (Å²) in [5.74, 6) is -0.194. The van der Waals surface area contributed by atoms with Crippen molar-refractivity contribution in [2.24, 2.45) is 0 Å². The van der Waals surface area contributed by atoms with Crippen molar-refractivity contribution in [1.29, 1.82) is 0 Å². The van der Waals surface area contributed by atoms with E-state index in [-0.39, 0.29) is 17.9 Å². The Bertz CT molecular complexity index is 1210. The van der Waals surface area contributed by atoms with E-state index in [1.807, 2.05) is 72.3 Å². The van der Waals surface area contributed by atoms with Gasteiger partial charge in [-0.1, -0.05) is 56.4 Å². The average molecular weight is 476 g/mol. The second-order valence-electron chi connectivity index (χ2n) is 9.81. The lowest BCUT2D eigenvalue weighted by Gasteiger charge is -2.44. The molecular formula is C28H33N3O2S. The van der Waals surface area contributed by atoms with E-state index in [9.17, 15) is 9.59 Å². The van der Waals surface area contributed by atoms with E-state index >= 15 is 0 Å². The van der Waals surface area contributed by atoms with Crippen LogP contribution in [-0.4, -0.2) is 34.2 Å². The standard InChI is InChI=1S/C28H33N3O2S/c1-28(27(33)29-21-12-6-4-3-5-7-13-21)19-30-24-16-9-8-11-20(24)17-25(30)26(32)31(28)22-14-10-15-23(18-22)34-2/h8-11,14-18,21H,3-7,12-13,19H2,1-2H3,(H,29,33)/t28-/m1/s1. The average Bonchev–Trinajstić information content (AvgIpc) is 3.19. The lowest BCUT2D eigenvalue weighted by molar-refractivity contribution is -0.127. The van der Waals surface area contributed by atoms with E-state index in [2.05, 4.69) is 5.32 Å². The minimum Gasteiger partial charge on any atom is -0.351 e. The number of fused-ring (bicyclic) bond motifs is 3. The number of hydrogen-bond donors (Lipinski definition) is 1. The van der Waals surface area contributed by atoms with Gasteiger partial charge in [0.1, 0.15) is 11.2 Å². The zero-order valence-corrected chi connectivity index (χ0v) is 20.9. The summed E-state index contributed by atoms with van der Waals surface area (Å²) in [7, 11) is 0. The number of hydrogen-bond acceptors (Lipinski definition) is 3.